The lowest BCUT2D eigenvalue weighted by Gasteiger charge is -2.11. The molecule has 1 fully saturated rings. The van der Waals surface area contributed by atoms with Crippen molar-refractivity contribution in [3.05, 3.63) is 35.4 Å². The lowest BCUT2D eigenvalue weighted by molar-refractivity contribution is -0.131. The summed E-state index contributed by atoms with van der Waals surface area (Å²) in [5.41, 5.74) is 2.76. The van der Waals surface area contributed by atoms with Crippen LogP contribution in [0.1, 0.15) is 38.3 Å². The van der Waals surface area contributed by atoms with Gasteiger partial charge in [0.1, 0.15) is 0 Å². The first-order valence-corrected chi connectivity index (χ1v) is 7.18. The van der Waals surface area contributed by atoms with Crippen molar-refractivity contribution in [1.29, 1.82) is 0 Å². The Labute approximate surface area is 124 Å². The number of hydrogen-bond acceptors (Lipinski definition) is 2. The molecule has 4 heteroatoms. The zero-order valence-electron chi connectivity index (χ0n) is 12.6. The molecule has 21 heavy (non-hydrogen) atoms. The average molecular weight is 287 g/mol. The minimum Gasteiger partial charge on any atom is -0.478 e. The first-order valence-electron chi connectivity index (χ1n) is 7.18. The number of carboxylic acid groups (broad SMARTS) is 1. The van der Waals surface area contributed by atoms with Crippen molar-refractivity contribution in [2.45, 2.75) is 33.6 Å². The molecule has 1 aromatic rings. The predicted octanol–water partition coefficient (Wildman–Crippen LogP) is 3.33. The molecule has 0 spiro atoms. The van der Waals surface area contributed by atoms with Crippen LogP contribution in [0.4, 0.5) is 5.69 Å². The zero-order chi connectivity index (χ0) is 15.6. The van der Waals surface area contributed by atoms with Gasteiger partial charge in [-0.3, -0.25) is 4.79 Å². The summed E-state index contributed by atoms with van der Waals surface area (Å²) in [4.78, 5) is 22.7. The van der Waals surface area contributed by atoms with E-state index in [0.29, 0.717) is 0 Å². The third kappa shape index (κ3) is 3.72. The van der Waals surface area contributed by atoms with Crippen LogP contribution in [0, 0.1) is 11.3 Å². The van der Waals surface area contributed by atoms with Crippen molar-refractivity contribution in [2.75, 3.05) is 5.32 Å². The Morgan fingerprint density at radius 3 is 2.62 bits per heavy atom. The van der Waals surface area contributed by atoms with Crippen molar-refractivity contribution in [3.63, 3.8) is 0 Å². The van der Waals surface area contributed by atoms with Gasteiger partial charge in [-0.05, 0) is 47.6 Å². The molecule has 0 saturated heterocycles. The fourth-order valence-electron chi connectivity index (χ4n) is 2.43. The average Bonchev–Trinajstić information content (AvgIpc) is 3.06. The third-order valence-electron chi connectivity index (χ3n) is 4.02. The van der Waals surface area contributed by atoms with Crippen LogP contribution in [0.2, 0.25) is 0 Å². The molecule has 0 radical (unpaired) electrons. The fourth-order valence-corrected chi connectivity index (χ4v) is 2.43. The molecule has 1 saturated carbocycles. The number of carbonyl (C=O) groups is 2. The molecule has 112 valence electrons. The molecule has 1 atom stereocenters. The summed E-state index contributed by atoms with van der Waals surface area (Å²) in [5, 5.41) is 11.6. The Kier molecular flexibility index (Phi) is 4.16. The number of carboxylic acids is 1. The summed E-state index contributed by atoms with van der Waals surface area (Å²) in [6.45, 7) is 6.20. The van der Waals surface area contributed by atoms with Crippen molar-refractivity contribution in [3.8, 4) is 0 Å². The SMILES string of the molecule is CCc1cc(/C=C/C(=O)O)ccc1NC(=O)C1CC1(C)C. The number of hydrogen-bond donors (Lipinski definition) is 2. The number of aryl methyl sites for hydroxylation is 1. The van der Waals surface area contributed by atoms with Crippen molar-refractivity contribution >= 4 is 23.6 Å². The van der Waals surface area contributed by atoms with Gasteiger partial charge in [-0.1, -0.05) is 26.8 Å². The number of benzene rings is 1. The van der Waals surface area contributed by atoms with Gasteiger partial charge >= 0.3 is 5.97 Å². The molecule has 1 aliphatic carbocycles. The lowest BCUT2D eigenvalue weighted by Crippen LogP contribution is -2.17. The van der Waals surface area contributed by atoms with E-state index < -0.39 is 5.97 Å². The van der Waals surface area contributed by atoms with E-state index >= 15 is 0 Å². The first-order chi connectivity index (χ1) is 9.83. The van der Waals surface area contributed by atoms with Gasteiger partial charge in [0, 0.05) is 17.7 Å². The normalized spacial score (nSPS) is 19.5. The maximum atomic E-state index is 12.2. The second-order valence-corrected chi connectivity index (χ2v) is 6.18. The van der Waals surface area contributed by atoms with Crippen LogP contribution in [0.25, 0.3) is 6.08 Å². The number of carbonyl (C=O) groups excluding carboxylic acids is 1. The summed E-state index contributed by atoms with van der Waals surface area (Å²) in [7, 11) is 0. The molecule has 0 bridgehead atoms. The van der Waals surface area contributed by atoms with Gasteiger partial charge in [0.05, 0.1) is 0 Å². The summed E-state index contributed by atoms with van der Waals surface area (Å²) >= 11 is 0. The zero-order valence-corrected chi connectivity index (χ0v) is 12.6. The molecular weight excluding hydrogens is 266 g/mol. The van der Waals surface area contributed by atoms with E-state index in [9.17, 15) is 9.59 Å². The van der Waals surface area contributed by atoms with E-state index in [0.717, 1.165) is 35.7 Å². The van der Waals surface area contributed by atoms with Gasteiger partial charge < -0.3 is 10.4 Å². The highest BCUT2D eigenvalue weighted by Crippen LogP contribution is 2.52. The molecule has 2 N–H and O–H groups in total. The lowest BCUT2D eigenvalue weighted by atomic mass is 10.0. The van der Waals surface area contributed by atoms with Crippen molar-refractivity contribution in [1.82, 2.24) is 0 Å². The number of anilines is 1. The Bertz CT molecular complexity index is 602. The smallest absolute Gasteiger partial charge is 0.328 e. The van der Waals surface area contributed by atoms with E-state index in [4.69, 9.17) is 5.11 Å². The molecule has 0 aromatic heterocycles. The van der Waals surface area contributed by atoms with Gasteiger partial charge in [-0.2, -0.15) is 0 Å². The first kappa shape index (κ1) is 15.3. The van der Waals surface area contributed by atoms with E-state index in [1.165, 1.54) is 0 Å². The summed E-state index contributed by atoms with van der Waals surface area (Å²) < 4.78 is 0. The summed E-state index contributed by atoms with van der Waals surface area (Å²) in [6.07, 6.45) is 4.37. The number of aliphatic carboxylic acids is 1. The number of rotatable bonds is 5. The van der Waals surface area contributed by atoms with Crippen LogP contribution in [0.5, 0.6) is 0 Å². The minimum atomic E-state index is -0.971. The maximum Gasteiger partial charge on any atom is 0.328 e. The Hall–Kier alpha value is -2.10. The second kappa shape index (κ2) is 5.72. The molecule has 1 aromatic carbocycles. The van der Waals surface area contributed by atoms with Gasteiger partial charge in [0.2, 0.25) is 5.91 Å². The molecule has 0 heterocycles. The van der Waals surface area contributed by atoms with Crippen molar-refractivity contribution in [2.24, 2.45) is 11.3 Å². The highest BCUT2D eigenvalue weighted by Gasteiger charge is 2.50. The molecule has 1 aliphatic rings. The molecule has 4 nitrogen and oxygen atoms in total. The Morgan fingerprint density at radius 1 is 1.43 bits per heavy atom. The molecule has 0 aliphatic heterocycles. The van der Waals surface area contributed by atoms with Gasteiger partial charge in [0.25, 0.3) is 0 Å². The fraction of sp³-hybridized carbons (Fsp3) is 0.412. The highest BCUT2D eigenvalue weighted by molar-refractivity contribution is 5.95. The van der Waals surface area contributed by atoms with Crippen LogP contribution in [0.15, 0.2) is 24.3 Å². The molecule has 1 unspecified atom stereocenters. The summed E-state index contributed by atoms with van der Waals surface area (Å²) in [5.74, 6) is -0.807. The maximum absolute atomic E-state index is 12.2. The second-order valence-electron chi connectivity index (χ2n) is 6.18. The van der Waals surface area contributed by atoms with Crippen LogP contribution in [-0.2, 0) is 16.0 Å². The van der Waals surface area contributed by atoms with Gasteiger partial charge in [0.15, 0.2) is 0 Å². The molecule has 2 rings (SSSR count). The van der Waals surface area contributed by atoms with Crippen LogP contribution >= 0.6 is 0 Å². The van der Waals surface area contributed by atoms with E-state index in [1.807, 2.05) is 25.1 Å². The third-order valence-corrected chi connectivity index (χ3v) is 4.02. The van der Waals surface area contributed by atoms with Crippen LogP contribution in [0.3, 0.4) is 0 Å². The monoisotopic (exact) mass is 287 g/mol. The standard InChI is InChI=1S/C17H21NO3/c1-4-12-9-11(6-8-15(19)20)5-7-14(12)18-16(21)13-10-17(13,2)3/h5-9,13H,4,10H2,1-3H3,(H,18,21)(H,19,20)/b8-6+. The van der Waals surface area contributed by atoms with Crippen LogP contribution in [-0.4, -0.2) is 17.0 Å². The topological polar surface area (TPSA) is 66.4 Å². The Morgan fingerprint density at radius 2 is 2.10 bits per heavy atom. The summed E-state index contributed by atoms with van der Waals surface area (Å²) in [6, 6.07) is 5.56. The molecular formula is C17H21NO3. The quantitative estimate of drug-likeness (QED) is 0.816. The molecule has 1 amide bonds. The van der Waals surface area contributed by atoms with E-state index in [2.05, 4.69) is 19.2 Å². The van der Waals surface area contributed by atoms with Crippen LogP contribution < -0.4 is 5.32 Å². The van der Waals surface area contributed by atoms with Gasteiger partial charge in [-0.25, -0.2) is 4.79 Å². The minimum absolute atomic E-state index is 0.0727. The number of amides is 1. The highest BCUT2D eigenvalue weighted by atomic mass is 16.4. The number of nitrogens with one attached hydrogen (secondary N) is 1. The predicted molar refractivity (Wildman–Crippen MR) is 83.0 cm³/mol. The van der Waals surface area contributed by atoms with E-state index in [-0.39, 0.29) is 17.2 Å². The van der Waals surface area contributed by atoms with Gasteiger partial charge in [-0.15, -0.1) is 0 Å². The van der Waals surface area contributed by atoms with Crippen molar-refractivity contribution < 1.29 is 14.7 Å². The van der Waals surface area contributed by atoms with E-state index in [1.54, 1.807) is 6.08 Å². The largest absolute Gasteiger partial charge is 0.478 e. The Balaban J connectivity index is 2.13.